The highest BCUT2D eigenvalue weighted by atomic mass is 32.2. The molecule has 2 aliphatic carbocycles. The molecule has 8 heteroatoms. The molecule has 2 saturated carbocycles. The number of hydrogen-bond donors (Lipinski definition) is 1. The monoisotopic (exact) mass is 385 g/mol. The number of para-hydroxylation sites is 1. The van der Waals surface area contributed by atoms with Crippen LogP contribution in [0.3, 0.4) is 0 Å². The Hall–Kier alpha value is -1.93. The summed E-state index contributed by atoms with van der Waals surface area (Å²) >= 11 is 2.99. The van der Waals surface area contributed by atoms with Gasteiger partial charge in [-0.05, 0) is 44.7 Å². The molecule has 1 N–H and O–H groups in total. The minimum absolute atomic E-state index is 0.0487. The number of fused-ring (bicyclic) bond motifs is 1. The number of anilines is 1. The van der Waals surface area contributed by atoms with Crippen LogP contribution in [0.25, 0.3) is 10.2 Å². The van der Waals surface area contributed by atoms with E-state index in [0.29, 0.717) is 17.1 Å². The summed E-state index contributed by atoms with van der Waals surface area (Å²) < 4.78 is 3.36. The van der Waals surface area contributed by atoms with Crippen molar-refractivity contribution >= 4 is 44.4 Å². The molecular weight excluding hydrogens is 366 g/mol. The van der Waals surface area contributed by atoms with Gasteiger partial charge in [0.25, 0.3) is 0 Å². The quantitative estimate of drug-likeness (QED) is 0.643. The minimum Gasteiger partial charge on any atom is -0.303 e. The lowest BCUT2D eigenvalue weighted by Gasteiger charge is -2.12. The van der Waals surface area contributed by atoms with Gasteiger partial charge in [-0.1, -0.05) is 35.2 Å². The van der Waals surface area contributed by atoms with Crippen molar-refractivity contribution in [1.82, 2.24) is 19.7 Å². The van der Waals surface area contributed by atoms with E-state index >= 15 is 0 Å². The highest BCUT2D eigenvalue weighted by molar-refractivity contribution is 8.00. The highest BCUT2D eigenvalue weighted by Crippen LogP contribution is 2.46. The molecule has 1 amide bonds. The summed E-state index contributed by atoms with van der Waals surface area (Å²) in [5.74, 6) is 1.64. The molecule has 2 fully saturated rings. The molecule has 3 aromatic rings. The molecule has 1 aromatic carbocycles. The van der Waals surface area contributed by atoms with Crippen molar-refractivity contribution in [2.45, 2.75) is 55.0 Å². The van der Waals surface area contributed by atoms with Gasteiger partial charge >= 0.3 is 0 Å². The molecule has 0 aliphatic heterocycles. The van der Waals surface area contributed by atoms with Crippen molar-refractivity contribution in [3.63, 3.8) is 0 Å². The van der Waals surface area contributed by atoms with Crippen molar-refractivity contribution in [3.05, 3.63) is 30.1 Å². The summed E-state index contributed by atoms with van der Waals surface area (Å²) in [5, 5.41) is 13.0. The number of thiazole rings is 1. The van der Waals surface area contributed by atoms with Crippen LogP contribution in [0.15, 0.2) is 29.4 Å². The number of amides is 1. The summed E-state index contributed by atoms with van der Waals surface area (Å²) in [6.07, 6.45) is 4.81. The summed E-state index contributed by atoms with van der Waals surface area (Å²) in [7, 11) is 0. The van der Waals surface area contributed by atoms with E-state index in [1.54, 1.807) is 0 Å². The molecule has 6 nitrogen and oxygen atoms in total. The predicted molar refractivity (Wildman–Crippen MR) is 104 cm³/mol. The van der Waals surface area contributed by atoms with Crippen LogP contribution in [0.1, 0.15) is 50.4 Å². The number of carbonyl (C=O) groups is 1. The Labute approximate surface area is 159 Å². The number of benzene rings is 1. The SMILES string of the molecule is CC(Sc1nnc(C2CC2)n1C1CC1)C(=O)Nc1nc2ccccc2s1. The molecule has 0 bridgehead atoms. The number of hydrogen-bond acceptors (Lipinski definition) is 6. The third-order valence-electron chi connectivity index (χ3n) is 4.72. The first kappa shape index (κ1) is 16.3. The van der Waals surface area contributed by atoms with Crippen molar-refractivity contribution in [2.24, 2.45) is 0 Å². The average molecular weight is 386 g/mol. The maximum atomic E-state index is 12.6. The molecule has 134 valence electrons. The van der Waals surface area contributed by atoms with Crippen molar-refractivity contribution in [2.75, 3.05) is 5.32 Å². The number of rotatable bonds is 6. The van der Waals surface area contributed by atoms with Crippen LogP contribution in [-0.2, 0) is 4.79 Å². The Morgan fingerprint density at radius 3 is 2.81 bits per heavy atom. The van der Waals surface area contributed by atoms with Crippen LogP contribution < -0.4 is 5.32 Å². The number of thioether (sulfide) groups is 1. The molecule has 2 aliphatic rings. The number of aromatic nitrogens is 4. The topological polar surface area (TPSA) is 72.7 Å². The molecule has 2 heterocycles. The number of carbonyl (C=O) groups excluding carboxylic acids is 1. The Balaban J connectivity index is 1.30. The molecule has 2 aromatic heterocycles. The normalized spacial score (nSPS) is 18.2. The van der Waals surface area contributed by atoms with E-state index in [-0.39, 0.29) is 11.2 Å². The molecule has 1 atom stereocenters. The fourth-order valence-electron chi connectivity index (χ4n) is 3.01. The van der Waals surface area contributed by atoms with E-state index < -0.39 is 0 Å². The molecule has 0 saturated heterocycles. The van der Waals surface area contributed by atoms with E-state index in [1.807, 2.05) is 31.2 Å². The second-order valence-corrected chi connectivity index (χ2v) is 9.29. The van der Waals surface area contributed by atoms with Gasteiger partial charge in [-0.2, -0.15) is 0 Å². The molecular formula is C18H19N5OS2. The van der Waals surface area contributed by atoms with Gasteiger partial charge in [-0.3, -0.25) is 4.79 Å². The summed E-state index contributed by atoms with van der Waals surface area (Å²) in [6, 6.07) is 8.43. The minimum atomic E-state index is -0.254. The van der Waals surface area contributed by atoms with Gasteiger partial charge in [0.15, 0.2) is 10.3 Å². The molecule has 5 rings (SSSR count). The van der Waals surface area contributed by atoms with Gasteiger partial charge < -0.3 is 9.88 Å². The predicted octanol–water partition coefficient (Wildman–Crippen LogP) is 4.22. The summed E-state index contributed by atoms with van der Waals surface area (Å²) in [4.78, 5) is 17.1. The largest absolute Gasteiger partial charge is 0.303 e. The first-order valence-electron chi connectivity index (χ1n) is 8.97. The molecule has 26 heavy (non-hydrogen) atoms. The van der Waals surface area contributed by atoms with Gasteiger partial charge in [0, 0.05) is 12.0 Å². The van der Waals surface area contributed by atoms with E-state index in [1.165, 1.54) is 48.8 Å². The van der Waals surface area contributed by atoms with Crippen LogP contribution in [0, 0.1) is 0 Å². The van der Waals surface area contributed by atoms with Gasteiger partial charge in [0.2, 0.25) is 5.91 Å². The first-order valence-corrected chi connectivity index (χ1v) is 10.7. The smallest absolute Gasteiger partial charge is 0.239 e. The lowest BCUT2D eigenvalue weighted by atomic mass is 10.3. The first-order chi connectivity index (χ1) is 12.7. The van der Waals surface area contributed by atoms with Crippen molar-refractivity contribution < 1.29 is 4.79 Å². The zero-order valence-electron chi connectivity index (χ0n) is 14.4. The Kier molecular flexibility index (Phi) is 3.97. The molecule has 1 unspecified atom stereocenters. The Morgan fingerprint density at radius 1 is 1.27 bits per heavy atom. The Morgan fingerprint density at radius 2 is 2.08 bits per heavy atom. The van der Waals surface area contributed by atoms with Crippen LogP contribution in [0.5, 0.6) is 0 Å². The zero-order valence-corrected chi connectivity index (χ0v) is 16.0. The Bertz CT molecular complexity index is 940. The van der Waals surface area contributed by atoms with Crippen molar-refractivity contribution in [1.29, 1.82) is 0 Å². The third kappa shape index (κ3) is 3.12. The third-order valence-corrected chi connectivity index (χ3v) is 6.73. The second kappa shape index (κ2) is 6.35. The van der Waals surface area contributed by atoms with Crippen LogP contribution >= 0.6 is 23.1 Å². The lowest BCUT2D eigenvalue weighted by molar-refractivity contribution is -0.115. The van der Waals surface area contributed by atoms with Gasteiger partial charge in [-0.15, -0.1) is 10.2 Å². The van der Waals surface area contributed by atoms with Crippen LogP contribution in [0.4, 0.5) is 5.13 Å². The van der Waals surface area contributed by atoms with E-state index in [4.69, 9.17) is 0 Å². The van der Waals surface area contributed by atoms with E-state index in [0.717, 1.165) is 21.2 Å². The fourth-order valence-corrected chi connectivity index (χ4v) is 4.80. The van der Waals surface area contributed by atoms with Gasteiger partial charge in [0.05, 0.1) is 15.5 Å². The zero-order chi connectivity index (χ0) is 17.7. The van der Waals surface area contributed by atoms with Gasteiger partial charge in [-0.25, -0.2) is 4.98 Å². The maximum Gasteiger partial charge on any atom is 0.239 e. The lowest BCUT2D eigenvalue weighted by Crippen LogP contribution is -2.22. The summed E-state index contributed by atoms with van der Waals surface area (Å²) in [6.45, 7) is 1.91. The number of nitrogens with one attached hydrogen (secondary N) is 1. The van der Waals surface area contributed by atoms with Crippen LogP contribution in [0.2, 0.25) is 0 Å². The van der Waals surface area contributed by atoms with Crippen LogP contribution in [-0.4, -0.2) is 30.9 Å². The molecule has 0 radical (unpaired) electrons. The highest BCUT2D eigenvalue weighted by Gasteiger charge is 2.37. The van der Waals surface area contributed by atoms with Gasteiger partial charge in [0.1, 0.15) is 5.82 Å². The standard InChI is InChI=1S/C18H19N5OS2/c1-10(16(24)20-17-19-13-4-2-3-5-14(13)26-17)25-18-22-21-15(11-6-7-11)23(18)12-8-9-12/h2-5,10-12H,6-9H2,1H3,(H,19,20,24). The van der Waals surface area contributed by atoms with Crippen molar-refractivity contribution in [3.8, 4) is 0 Å². The molecule has 0 spiro atoms. The average Bonchev–Trinajstić information content (AvgIpc) is 3.56. The maximum absolute atomic E-state index is 12.6. The number of nitrogens with zero attached hydrogens (tertiary/aromatic N) is 4. The summed E-state index contributed by atoms with van der Waals surface area (Å²) in [5.41, 5.74) is 0.913. The fraction of sp³-hybridized carbons (Fsp3) is 0.444. The second-order valence-electron chi connectivity index (χ2n) is 6.95. The van der Waals surface area contributed by atoms with E-state index in [2.05, 4.69) is 25.1 Å². The van der Waals surface area contributed by atoms with E-state index in [9.17, 15) is 4.79 Å².